The number of anilines is 1. The third-order valence-corrected chi connectivity index (χ3v) is 5.70. The molecule has 7 heteroatoms. The zero-order valence-electron chi connectivity index (χ0n) is 14.7. The first-order chi connectivity index (χ1) is 12.6. The van der Waals surface area contributed by atoms with Crippen molar-refractivity contribution < 1.29 is 9.59 Å². The van der Waals surface area contributed by atoms with Crippen molar-refractivity contribution in [2.24, 2.45) is 0 Å². The summed E-state index contributed by atoms with van der Waals surface area (Å²) in [6, 6.07) is 11.4. The first-order valence-electron chi connectivity index (χ1n) is 8.71. The molecule has 1 aliphatic rings. The number of para-hydroxylation sites is 1. The van der Waals surface area contributed by atoms with Crippen LogP contribution in [0.25, 0.3) is 0 Å². The number of carbonyl (C=O) groups excluding carboxylic acids is 2. The van der Waals surface area contributed by atoms with Crippen LogP contribution in [0.5, 0.6) is 0 Å². The number of carbonyl (C=O) groups is 2. The summed E-state index contributed by atoms with van der Waals surface area (Å²) in [5.74, 6) is -0.00131. The molecule has 0 unspecified atom stereocenters. The van der Waals surface area contributed by atoms with Crippen molar-refractivity contribution in [1.82, 2.24) is 9.80 Å². The molecule has 5 nitrogen and oxygen atoms in total. The zero-order chi connectivity index (χ0) is 18.5. The molecule has 1 saturated heterocycles. The van der Waals surface area contributed by atoms with Gasteiger partial charge in [-0.15, -0.1) is 11.3 Å². The fourth-order valence-electron chi connectivity index (χ4n) is 3.04. The largest absolute Gasteiger partial charge is 0.335 e. The molecule has 26 heavy (non-hydrogen) atoms. The van der Waals surface area contributed by atoms with Gasteiger partial charge < -0.3 is 10.2 Å². The molecule has 0 bridgehead atoms. The molecule has 2 aromatic rings. The Bertz CT molecular complexity index is 785. The van der Waals surface area contributed by atoms with Gasteiger partial charge in [-0.05, 0) is 30.2 Å². The quantitative estimate of drug-likeness (QED) is 0.850. The predicted molar refractivity (Wildman–Crippen MR) is 106 cm³/mol. The van der Waals surface area contributed by atoms with Gasteiger partial charge in [-0.3, -0.25) is 14.5 Å². The summed E-state index contributed by atoms with van der Waals surface area (Å²) in [6.45, 7) is 5.02. The van der Waals surface area contributed by atoms with Gasteiger partial charge in [0.1, 0.15) is 0 Å². The first kappa shape index (κ1) is 18.9. The maximum absolute atomic E-state index is 12.4. The Morgan fingerprint density at radius 2 is 1.85 bits per heavy atom. The number of hydrogen-bond donors (Lipinski definition) is 1. The number of amides is 2. The third-order valence-electron chi connectivity index (χ3n) is 4.48. The van der Waals surface area contributed by atoms with Gasteiger partial charge in [0.05, 0.1) is 15.8 Å². The van der Waals surface area contributed by atoms with Crippen molar-refractivity contribution in [2.75, 3.05) is 38.0 Å². The Balaban J connectivity index is 1.49. The summed E-state index contributed by atoms with van der Waals surface area (Å²) < 4.78 is 0.621. The Kier molecular flexibility index (Phi) is 6.29. The summed E-state index contributed by atoms with van der Waals surface area (Å²) in [4.78, 5) is 29.3. The van der Waals surface area contributed by atoms with Crippen LogP contribution in [0, 0.1) is 0 Å². The van der Waals surface area contributed by atoms with Crippen LogP contribution in [0.1, 0.15) is 22.2 Å². The van der Waals surface area contributed by atoms with Crippen molar-refractivity contribution in [2.45, 2.75) is 13.3 Å². The predicted octanol–water partition coefficient (Wildman–Crippen LogP) is 3.36. The number of benzene rings is 1. The van der Waals surface area contributed by atoms with Gasteiger partial charge >= 0.3 is 0 Å². The maximum Gasteiger partial charge on any atom is 0.264 e. The molecule has 0 radical (unpaired) electrons. The summed E-state index contributed by atoms with van der Waals surface area (Å²) >= 11 is 7.21. The van der Waals surface area contributed by atoms with E-state index in [9.17, 15) is 9.59 Å². The van der Waals surface area contributed by atoms with E-state index in [1.54, 1.807) is 12.1 Å². The van der Waals surface area contributed by atoms with Crippen LogP contribution in [-0.2, 0) is 11.2 Å². The number of piperazine rings is 1. The van der Waals surface area contributed by atoms with Crippen molar-refractivity contribution >= 4 is 40.4 Å². The van der Waals surface area contributed by atoms with Crippen molar-refractivity contribution in [3.8, 4) is 0 Å². The number of halogens is 1. The van der Waals surface area contributed by atoms with Crippen molar-refractivity contribution in [3.63, 3.8) is 0 Å². The van der Waals surface area contributed by atoms with Gasteiger partial charge in [-0.2, -0.15) is 0 Å². The van der Waals surface area contributed by atoms with Gasteiger partial charge in [0, 0.05) is 31.9 Å². The van der Waals surface area contributed by atoms with E-state index in [2.05, 4.69) is 17.1 Å². The van der Waals surface area contributed by atoms with Gasteiger partial charge in [0.15, 0.2) is 0 Å². The van der Waals surface area contributed by atoms with Crippen LogP contribution in [0.3, 0.4) is 0 Å². The van der Waals surface area contributed by atoms with Crippen LogP contribution in [0.2, 0.25) is 4.34 Å². The number of hydrogen-bond acceptors (Lipinski definition) is 4. The highest BCUT2D eigenvalue weighted by atomic mass is 35.5. The highest BCUT2D eigenvalue weighted by Gasteiger charge is 2.24. The summed E-state index contributed by atoms with van der Waals surface area (Å²) in [5.41, 5.74) is 2.01. The normalized spacial score (nSPS) is 15.1. The van der Waals surface area contributed by atoms with E-state index in [1.807, 2.05) is 29.2 Å². The average molecular weight is 392 g/mol. The molecular formula is C19H22ClN3O2S. The summed E-state index contributed by atoms with van der Waals surface area (Å²) in [6.07, 6.45) is 0.879. The molecule has 2 heterocycles. The van der Waals surface area contributed by atoms with Crippen molar-refractivity contribution in [1.29, 1.82) is 0 Å². The van der Waals surface area contributed by atoms with Crippen LogP contribution < -0.4 is 5.32 Å². The lowest BCUT2D eigenvalue weighted by atomic mass is 10.1. The second-order valence-corrected chi connectivity index (χ2v) is 7.95. The van der Waals surface area contributed by atoms with Crippen LogP contribution in [-0.4, -0.2) is 54.3 Å². The second-order valence-electron chi connectivity index (χ2n) is 6.23. The molecule has 0 atom stereocenters. The van der Waals surface area contributed by atoms with Gasteiger partial charge in [-0.1, -0.05) is 36.7 Å². The zero-order valence-corrected chi connectivity index (χ0v) is 16.3. The number of thiophene rings is 1. The SMILES string of the molecule is CCc1ccccc1NC(=O)CN1CCN(C(=O)c2ccc(Cl)s2)CC1. The summed E-state index contributed by atoms with van der Waals surface area (Å²) in [7, 11) is 0. The molecule has 2 amide bonds. The lowest BCUT2D eigenvalue weighted by Gasteiger charge is -2.34. The molecular weight excluding hydrogens is 370 g/mol. The van der Waals surface area contributed by atoms with E-state index in [0.717, 1.165) is 17.7 Å². The minimum atomic E-state index is -0.0179. The molecule has 1 aromatic heterocycles. The molecule has 1 N–H and O–H groups in total. The van der Waals surface area contributed by atoms with Gasteiger partial charge in [0.25, 0.3) is 5.91 Å². The number of aryl methyl sites for hydroxylation is 1. The number of nitrogens with one attached hydrogen (secondary N) is 1. The van der Waals surface area contributed by atoms with Crippen molar-refractivity contribution in [3.05, 3.63) is 51.2 Å². The Hall–Kier alpha value is -1.89. The first-order valence-corrected chi connectivity index (χ1v) is 9.91. The van der Waals surface area contributed by atoms with Gasteiger partial charge in [-0.25, -0.2) is 0 Å². The molecule has 1 fully saturated rings. The highest BCUT2D eigenvalue weighted by molar-refractivity contribution is 7.17. The van der Waals surface area contributed by atoms with E-state index < -0.39 is 0 Å². The van der Waals surface area contributed by atoms with Crippen LogP contribution >= 0.6 is 22.9 Å². The monoisotopic (exact) mass is 391 g/mol. The molecule has 0 spiro atoms. The Morgan fingerprint density at radius 3 is 2.50 bits per heavy atom. The Labute approximate surface area is 162 Å². The van der Waals surface area contributed by atoms with Gasteiger partial charge in [0.2, 0.25) is 5.91 Å². The van der Waals surface area contributed by atoms with E-state index >= 15 is 0 Å². The average Bonchev–Trinajstić information content (AvgIpc) is 3.08. The fraction of sp³-hybridized carbons (Fsp3) is 0.368. The highest BCUT2D eigenvalue weighted by Crippen LogP contribution is 2.23. The van der Waals surface area contributed by atoms with Crippen LogP contribution in [0.4, 0.5) is 5.69 Å². The number of rotatable bonds is 5. The van der Waals surface area contributed by atoms with E-state index in [-0.39, 0.29) is 11.8 Å². The van der Waals surface area contributed by atoms with E-state index in [4.69, 9.17) is 11.6 Å². The minimum Gasteiger partial charge on any atom is -0.335 e. The third kappa shape index (κ3) is 4.63. The molecule has 138 valence electrons. The molecule has 0 saturated carbocycles. The van der Waals surface area contributed by atoms with Crippen LogP contribution in [0.15, 0.2) is 36.4 Å². The minimum absolute atomic E-state index is 0.0166. The lowest BCUT2D eigenvalue weighted by molar-refractivity contribution is -0.117. The summed E-state index contributed by atoms with van der Waals surface area (Å²) in [5, 5.41) is 3.00. The molecule has 0 aliphatic carbocycles. The smallest absolute Gasteiger partial charge is 0.264 e. The molecule has 1 aromatic carbocycles. The fourth-order valence-corrected chi connectivity index (χ4v) is 4.05. The molecule has 1 aliphatic heterocycles. The lowest BCUT2D eigenvalue weighted by Crippen LogP contribution is -2.50. The maximum atomic E-state index is 12.4. The topological polar surface area (TPSA) is 52.7 Å². The Morgan fingerprint density at radius 1 is 1.12 bits per heavy atom. The molecule has 3 rings (SSSR count). The number of nitrogens with zero attached hydrogens (tertiary/aromatic N) is 2. The van der Waals surface area contributed by atoms with E-state index in [0.29, 0.717) is 41.9 Å². The standard InChI is InChI=1S/C19H22ClN3O2S/c1-2-14-5-3-4-6-15(14)21-18(24)13-22-9-11-23(12-10-22)19(25)16-7-8-17(20)26-16/h3-8H,2,9-13H2,1H3,(H,21,24). The second kappa shape index (κ2) is 8.66. The van der Waals surface area contributed by atoms with E-state index in [1.165, 1.54) is 11.3 Å².